The Morgan fingerprint density at radius 2 is 2.20 bits per heavy atom. The molecule has 2 N–H and O–H groups in total. The normalized spacial score (nSPS) is 17.3. The van der Waals surface area contributed by atoms with Crippen molar-refractivity contribution >= 4 is 5.97 Å². The predicted molar refractivity (Wildman–Crippen MR) is 55.5 cm³/mol. The maximum absolute atomic E-state index is 11.0. The van der Waals surface area contributed by atoms with Gasteiger partial charge < -0.3 is 10.4 Å². The van der Waals surface area contributed by atoms with Crippen LogP contribution in [0.15, 0.2) is 24.5 Å². The molecule has 1 aromatic heterocycles. The molecule has 1 fully saturated rings. The fraction of sp³-hybridized carbons (Fsp3) is 0.455. The Bertz CT molecular complexity index is 336. The van der Waals surface area contributed by atoms with Crippen LogP contribution >= 0.6 is 0 Å². The summed E-state index contributed by atoms with van der Waals surface area (Å²) in [7, 11) is 0. The molecule has 1 saturated carbocycles. The molecule has 1 atom stereocenters. The summed E-state index contributed by atoms with van der Waals surface area (Å²) in [5.74, 6) is -0.779. The zero-order valence-corrected chi connectivity index (χ0v) is 8.39. The average Bonchev–Trinajstić information content (AvgIpc) is 3.02. The number of nitrogens with one attached hydrogen (secondary N) is 1. The van der Waals surface area contributed by atoms with Gasteiger partial charge in [-0.1, -0.05) is 0 Å². The molecule has 0 aromatic carbocycles. The summed E-state index contributed by atoms with van der Waals surface area (Å²) in [6.45, 7) is 0. The molecule has 0 saturated heterocycles. The first-order chi connectivity index (χ1) is 7.25. The van der Waals surface area contributed by atoms with Crippen LogP contribution in [0.3, 0.4) is 0 Å². The third-order valence-electron chi connectivity index (χ3n) is 2.50. The van der Waals surface area contributed by atoms with Gasteiger partial charge in [0.25, 0.3) is 0 Å². The van der Waals surface area contributed by atoms with Crippen LogP contribution < -0.4 is 5.32 Å². The van der Waals surface area contributed by atoms with Crippen LogP contribution in [0.25, 0.3) is 0 Å². The van der Waals surface area contributed by atoms with Gasteiger partial charge in [0.2, 0.25) is 0 Å². The van der Waals surface area contributed by atoms with E-state index in [1.165, 1.54) is 0 Å². The topological polar surface area (TPSA) is 62.2 Å². The first-order valence-electron chi connectivity index (χ1n) is 5.13. The van der Waals surface area contributed by atoms with E-state index >= 15 is 0 Å². The zero-order chi connectivity index (χ0) is 10.7. The van der Waals surface area contributed by atoms with E-state index in [0.29, 0.717) is 12.5 Å². The molecule has 15 heavy (non-hydrogen) atoms. The Labute approximate surface area is 88.3 Å². The first kappa shape index (κ1) is 10.1. The van der Waals surface area contributed by atoms with Gasteiger partial charge in [-0.2, -0.15) is 0 Å². The lowest BCUT2D eigenvalue weighted by Gasteiger charge is -2.13. The van der Waals surface area contributed by atoms with Crippen molar-refractivity contribution in [1.29, 1.82) is 0 Å². The molecule has 0 unspecified atom stereocenters. The number of hydrogen-bond acceptors (Lipinski definition) is 3. The van der Waals surface area contributed by atoms with Gasteiger partial charge in [-0.05, 0) is 37.0 Å². The van der Waals surface area contributed by atoms with E-state index in [4.69, 9.17) is 5.11 Å². The Morgan fingerprint density at radius 1 is 1.53 bits per heavy atom. The molecule has 0 amide bonds. The highest BCUT2D eigenvalue weighted by Crippen LogP contribution is 2.20. The number of aromatic nitrogens is 1. The Balaban J connectivity index is 1.96. The largest absolute Gasteiger partial charge is 0.480 e. The van der Waals surface area contributed by atoms with E-state index < -0.39 is 12.0 Å². The zero-order valence-electron chi connectivity index (χ0n) is 8.39. The molecular weight excluding hydrogens is 192 g/mol. The summed E-state index contributed by atoms with van der Waals surface area (Å²) in [4.78, 5) is 14.9. The van der Waals surface area contributed by atoms with Gasteiger partial charge in [0, 0.05) is 18.4 Å². The van der Waals surface area contributed by atoms with E-state index in [1.54, 1.807) is 12.4 Å². The minimum Gasteiger partial charge on any atom is -0.480 e. The second-order valence-corrected chi connectivity index (χ2v) is 3.89. The van der Waals surface area contributed by atoms with Gasteiger partial charge in [0.15, 0.2) is 0 Å². The lowest BCUT2D eigenvalue weighted by atomic mass is 10.1. The molecule has 1 aromatic rings. The second-order valence-electron chi connectivity index (χ2n) is 3.89. The molecular formula is C11H14N2O2. The number of pyridine rings is 1. The summed E-state index contributed by atoms with van der Waals surface area (Å²) in [6, 6.07) is 3.64. The van der Waals surface area contributed by atoms with E-state index in [9.17, 15) is 4.79 Å². The van der Waals surface area contributed by atoms with Crippen molar-refractivity contribution in [2.24, 2.45) is 0 Å². The maximum Gasteiger partial charge on any atom is 0.321 e. The fourth-order valence-corrected chi connectivity index (χ4v) is 1.51. The molecule has 1 heterocycles. The summed E-state index contributed by atoms with van der Waals surface area (Å²) >= 11 is 0. The van der Waals surface area contributed by atoms with Crippen LogP contribution in [-0.4, -0.2) is 28.1 Å². The number of aliphatic carboxylic acids is 1. The molecule has 0 spiro atoms. The Morgan fingerprint density at radius 3 is 2.73 bits per heavy atom. The highest BCUT2D eigenvalue weighted by atomic mass is 16.4. The van der Waals surface area contributed by atoms with Crippen molar-refractivity contribution in [2.75, 3.05) is 0 Å². The number of hydrogen-bond donors (Lipinski definition) is 2. The third kappa shape index (κ3) is 3.02. The molecule has 0 aliphatic heterocycles. The van der Waals surface area contributed by atoms with Gasteiger partial charge in [-0.15, -0.1) is 0 Å². The van der Waals surface area contributed by atoms with Gasteiger partial charge >= 0.3 is 5.97 Å². The van der Waals surface area contributed by atoms with Gasteiger partial charge in [-0.3, -0.25) is 9.78 Å². The monoisotopic (exact) mass is 206 g/mol. The van der Waals surface area contributed by atoms with Crippen molar-refractivity contribution in [2.45, 2.75) is 31.3 Å². The molecule has 4 heteroatoms. The van der Waals surface area contributed by atoms with Crippen molar-refractivity contribution in [1.82, 2.24) is 10.3 Å². The molecule has 2 rings (SSSR count). The summed E-state index contributed by atoms with van der Waals surface area (Å²) in [6.07, 6.45) is 6.09. The van der Waals surface area contributed by atoms with Crippen LogP contribution in [-0.2, 0) is 11.2 Å². The summed E-state index contributed by atoms with van der Waals surface area (Å²) in [5.41, 5.74) is 1.01. The number of carboxylic acid groups (broad SMARTS) is 1. The van der Waals surface area contributed by atoms with Crippen molar-refractivity contribution < 1.29 is 9.90 Å². The van der Waals surface area contributed by atoms with Gasteiger partial charge in [0.05, 0.1) is 0 Å². The van der Waals surface area contributed by atoms with Gasteiger partial charge in [-0.25, -0.2) is 0 Å². The number of nitrogens with zero attached hydrogens (tertiary/aromatic N) is 1. The number of rotatable bonds is 5. The quantitative estimate of drug-likeness (QED) is 0.749. The van der Waals surface area contributed by atoms with Crippen molar-refractivity contribution in [3.05, 3.63) is 30.1 Å². The fourth-order valence-electron chi connectivity index (χ4n) is 1.51. The standard InChI is InChI=1S/C11H14N2O2/c14-11(15)10(13-9-1-2-9)7-8-3-5-12-6-4-8/h3-6,9-10,13H,1-2,7H2,(H,14,15)/t10-/m0/s1. The van der Waals surface area contributed by atoms with E-state index in [2.05, 4.69) is 10.3 Å². The van der Waals surface area contributed by atoms with E-state index in [0.717, 1.165) is 18.4 Å². The van der Waals surface area contributed by atoms with Gasteiger partial charge in [0.1, 0.15) is 6.04 Å². The number of carboxylic acids is 1. The Hall–Kier alpha value is -1.42. The number of carbonyl (C=O) groups is 1. The molecule has 1 aliphatic rings. The van der Waals surface area contributed by atoms with Crippen molar-refractivity contribution in [3.8, 4) is 0 Å². The van der Waals surface area contributed by atoms with Crippen LogP contribution in [0.4, 0.5) is 0 Å². The Kier molecular flexibility index (Phi) is 2.97. The summed E-state index contributed by atoms with van der Waals surface area (Å²) < 4.78 is 0. The lowest BCUT2D eigenvalue weighted by Crippen LogP contribution is -2.39. The second kappa shape index (κ2) is 4.40. The minimum absolute atomic E-state index is 0.410. The smallest absolute Gasteiger partial charge is 0.321 e. The molecule has 80 valence electrons. The molecule has 4 nitrogen and oxygen atoms in total. The highest BCUT2D eigenvalue weighted by Gasteiger charge is 2.28. The van der Waals surface area contributed by atoms with Crippen molar-refractivity contribution in [3.63, 3.8) is 0 Å². The summed E-state index contributed by atoms with van der Waals surface area (Å²) in [5, 5.41) is 12.2. The minimum atomic E-state index is -0.779. The van der Waals surface area contributed by atoms with Crippen LogP contribution in [0.2, 0.25) is 0 Å². The third-order valence-corrected chi connectivity index (χ3v) is 2.50. The van der Waals surface area contributed by atoms with Crippen LogP contribution in [0, 0.1) is 0 Å². The van der Waals surface area contributed by atoms with E-state index in [-0.39, 0.29) is 0 Å². The van der Waals surface area contributed by atoms with E-state index in [1.807, 2.05) is 12.1 Å². The van der Waals surface area contributed by atoms with Crippen LogP contribution in [0.5, 0.6) is 0 Å². The van der Waals surface area contributed by atoms with Crippen LogP contribution in [0.1, 0.15) is 18.4 Å². The molecule has 0 bridgehead atoms. The maximum atomic E-state index is 11.0. The SMILES string of the molecule is O=C(O)[C@H](Cc1ccncc1)NC1CC1. The predicted octanol–water partition coefficient (Wildman–Crippen LogP) is 0.829. The first-order valence-corrected chi connectivity index (χ1v) is 5.13. The average molecular weight is 206 g/mol. The highest BCUT2D eigenvalue weighted by molar-refractivity contribution is 5.74. The molecule has 0 radical (unpaired) electrons. The molecule has 1 aliphatic carbocycles. The lowest BCUT2D eigenvalue weighted by molar-refractivity contribution is -0.139.